The molecule has 0 amide bonds. The van der Waals surface area contributed by atoms with Gasteiger partial charge in [0, 0.05) is 4.91 Å². The number of hydrogen-bond acceptors (Lipinski definition) is 5. The van der Waals surface area contributed by atoms with Crippen molar-refractivity contribution in [2.75, 3.05) is 7.11 Å². The summed E-state index contributed by atoms with van der Waals surface area (Å²) < 4.78 is 37.4. The van der Waals surface area contributed by atoms with Crippen molar-refractivity contribution in [2.45, 2.75) is 57.3 Å². The number of ether oxygens (including phenoxy) is 4. The molecule has 30 heavy (non-hydrogen) atoms. The molecule has 0 aliphatic carbocycles. The van der Waals surface area contributed by atoms with Gasteiger partial charge in [-0.2, -0.15) is 0 Å². The van der Waals surface area contributed by atoms with Gasteiger partial charge >= 0.3 is 0 Å². The van der Waals surface area contributed by atoms with Gasteiger partial charge in [0.15, 0.2) is 0 Å². The van der Waals surface area contributed by atoms with Gasteiger partial charge in [-0.1, -0.05) is 54.5 Å². The lowest BCUT2D eigenvalue weighted by molar-refractivity contribution is -0.244. The minimum absolute atomic E-state index is 0.245. The molecule has 2 aromatic rings. The van der Waals surface area contributed by atoms with Crippen LogP contribution in [0.4, 0.5) is 4.39 Å². The zero-order valence-electron chi connectivity index (χ0n) is 17.1. The van der Waals surface area contributed by atoms with Gasteiger partial charge in [0.05, 0.1) is 26.4 Å². The summed E-state index contributed by atoms with van der Waals surface area (Å²) in [5, 5.41) is 3.61. The Labute approximate surface area is 175 Å². The Hall–Kier alpha value is -2.64. The van der Waals surface area contributed by atoms with E-state index in [0.29, 0.717) is 6.42 Å². The number of alkyl halides is 1. The molecule has 7 nitrogen and oxygen atoms in total. The minimum Gasteiger partial charge on any atom is -0.497 e. The van der Waals surface area contributed by atoms with E-state index < -0.39 is 30.7 Å². The molecule has 1 aliphatic rings. The van der Waals surface area contributed by atoms with Crippen molar-refractivity contribution in [3.8, 4) is 5.75 Å². The fourth-order valence-corrected chi connectivity index (χ4v) is 3.46. The first-order chi connectivity index (χ1) is 14.7. The molecule has 5 atom stereocenters. The summed E-state index contributed by atoms with van der Waals surface area (Å²) in [5.74, 6) is 0.749. The molecule has 0 bridgehead atoms. The maximum Gasteiger partial charge on any atom is 0.210 e. The van der Waals surface area contributed by atoms with Gasteiger partial charge in [-0.05, 0) is 35.2 Å². The van der Waals surface area contributed by atoms with Crippen molar-refractivity contribution >= 4 is 0 Å². The monoisotopic (exact) mass is 415 g/mol. The van der Waals surface area contributed by atoms with E-state index in [0.717, 1.165) is 16.9 Å². The highest BCUT2D eigenvalue weighted by atomic mass is 19.1. The normalized spacial score (nSPS) is 26.0. The van der Waals surface area contributed by atoms with Gasteiger partial charge in [-0.25, -0.2) is 4.39 Å². The SMILES string of the molecule is CCC1OC(F)C(N=[N+]=[N-])[C@H](OCc2ccccc2)[C@H]1OCc1ccc(OC)cc1. The van der Waals surface area contributed by atoms with Crippen LogP contribution >= 0.6 is 0 Å². The van der Waals surface area contributed by atoms with Gasteiger partial charge in [-0.15, -0.1) is 0 Å². The van der Waals surface area contributed by atoms with Crippen molar-refractivity contribution in [1.29, 1.82) is 0 Å². The first kappa shape index (κ1) is 22.1. The Morgan fingerprint density at radius 2 is 1.63 bits per heavy atom. The first-order valence-electron chi connectivity index (χ1n) is 9.90. The van der Waals surface area contributed by atoms with Crippen LogP contribution in [0.2, 0.25) is 0 Å². The number of benzene rings is 2. The Balaban J connectivity index is 1.78. The summed E-state index contributed by atoms with van der Waals surface area (Å²) in [7, 11) is 1.61. The quantitative estimate of drug-likeness (QED) is 0.329. The van der Waals surface area contributed by atoms with E-state index in [-0.39, 0.29) is 13.2 Å². The van der Waals surface area contributed by atoms with Crippen molar-refractivity contribution in [3.05, 3.63) is 76.2 Å². The van der Waals surface area contributed by atoms with Crippen LogP contribution in [0.15, 0.2) is 59.7 Å². The molecule has 2 aromatic carbocycles. The molecule has 1 heterocycles. The fourth-order valence-electron chi connectivity index (χ4n) is 3.46. The number of methoxy groups -OCH3 is 1. The highest BCUT2D eigenvalue weighted by molar-refractivity contribution is 5.26. The number of hydrogen-bond donors (Lipinski definition) is 0. The van der Waals surface area contributed by atoms with E-state index in [2.05, 4.69) is 10.0 Å². The lowest BCUT2D eigenvalue weighted by Gasteiger charge is -2.42. The maximum atomic E-state index is 14.6. The van der Waals surface area contributed by atoms with Crippen molar-refractivity contribution in [1.82, 2.24) is 0 Å². The average Bonchev–Trinajstić information content (AvgIpc) is 2.79. The summed E-state index contributed by atoms with van der Waals surface area (Å²) in [6.07, 6.45) is -3.13. The van der Waals surface area contributed by atoms with Crippen LogP contribution in [0.1, 0.15) is 24.5 Å². The lowest BCUT2D eigenvalue weighted by Crippen LogP contribution is -2.57. The predicted octanol–water partition coefficient (Wildman–Crippen LogP) is 4.95. The number of rotatable bonds is 9. The van der Waals surface area contributed by atoms with Crippen molar-refractivity contribution in [2.24, 2.45) is 5.11 Å². The third-order valence-corrected chi connectivity index (χ3v) is 5.07. The van der Waals surface area contributed by atoms with E-state index in [4.69, 9.17) is 24.5 Å². The summed E-state index contributed by atoms with van der Waals surface area (Å²) >= 11 is 0. The second kappa shape index (κ2) is 10.9. The Morgan fingerprint density at radius 1 is 1.00 bits per heavy atom. The summed E-state index contributed by atoms with van der Waals surface area (Å²) in [6, 6.07) is 15.9. The predicted molar refractivity (Wildman–Crippen MR) is 110 cm³/mol. The van der Waals surface area contributed by atoms with Crippen LogP contribution in [0.3, 0.4) is 0 Å². The second-order valence-electron chi connectivity index (χ2n) is 7.01. The summed E-state index contributed by atoms with van der Waals surface area (Å²) in [5.41, 5.74) is 10.8. The maximum absolute atomic E-state index is 14.6. The van der Waals surface area contributed by atoms with Crippen LogP contribution in [0, 0.1) is 0 Å². The number of azide groups is 1. The molecule has 0 radical (unpaired) electrons. The molecule has 3 unspecified atom stereocenters. The highest BCUT2D eigenvalue weighted by Gasteiger charge is 2.46. The third-order valence-electron chi connectivity index (χ3n) is 5.07. The molecule has 0 aromatic heterocycles. The van der Waals surface area contributed by atoms with Gasteiger partial charge in [0.1, 0.15) is 24.0 Å². The van der Waals surface area contributed by atoms with Crippen LogP contribution in [0.25, 0.3) is 10.4 Å². The molecule has 8 heteroatoms. The van der Waals surface area contributed by atoms with Crippen LogP contribution in [-0.2, 0) is 27.4 Å². The van der Waals surface area contributed by atoms with E-state index >= 15 is 0 Å². The third kappa shape index (κ3) is 5.49. The van der Waals surface area contributed by atoms with Crippen LogP contribution in [0.5, 0.6) is 5.75 Å². The van der Waals surface area contributed by atoms with Gasteiger partial charge in [0.2, 0.25) is 6.36 Å². The second-order valence-corrected chi connectivity index (χ2v) is 7.01. The van der Waals surface area contributed by atoms with E-state index in [1.165, 1.54) is 0 Å². The van der Waals surface area contributed by atoms with E-state index in [1.807, 2.05) is 61.5 Å². The molecule has 1 aliphatic heterocycles. The zero-order chi connectivity index (χ0) is 21.3. The minimum atomic E-state index is -1.76. The molecule has 1 fully saturated rings. The molecule has 0 saturated carbocycles. The Bertz CT molecular complexity index is 830. The largest absolute Gasteiger partial charge is 0.497 e. The molecule has 160 valence electrons. The zero-order valence-corrected chi connectivity index (χ0v) is 17.1. The van der Waals surface area contributed by atoms with Crippen LogP contribution in [-0.4, -0.2) is 37.8 Å². The molecule has 0 N–H and O–H groups in total. The van der Waals surface area contributed by atoms with Crippen LogP contribution < -0.4 is 4.74 Å². The van der Waals surface area contributed by atoms with Gasteiger partial charge in [-0.3, -0.25) is 0 Å². The summed E-state index contributed by atoms with van der Waals surface area (Å²) in [4.78, 5) is 2.79. The highest BCUT2D eigenvalue weighted by Crippen LogP contribution is 2.31. The number of nitrogens with zero attached hydrogens (tertiary/aromatic N) is 3. The standard InChI is InChI=1S/C22H26FN3O4/c1-3-18-20(28-14-16-9-11-17(27-2)12-10-16)21(19(25-26-24)22(23)30-18)29-13-15-7-5-4-6-8-15/h4-12,18-22H,3,13-14H2,1-2H3/t18?,19?,20-,21-,22?/m0/s1. The Morgan fingerprint density at radius 3 is 2.23 bits per heavy atom. The molecular formula is C22H26FN3O4. The summed E-state index contributed by atoms with van der Waals surface area (Å²) in [6.45, 7) is 2.41. The van der Waals surface area contributed by atoms with Gasteiger partial charge < -0.3 is 18.9 Å². The number of halogens is 1. The molecule has 1 saturated heterocycles. The van der Waals surface area contributed by atoms with E-state index in [9.17, 15) is 4.39 Å². The first-order valence-corrected chi connectivity index (χ1v) is 9.90. The fraction of sp³-hybridized carbons (Fsp3) is 0.455. The molecule has 0 spiro atoms. The van der Waals surface area contributed by atoms with Crippen molar-refractivity contribution < 1.29 is 23.3 Å². The van der Waals surface area contributed by atoms with Crippen molar-refractivity contribution in [3.63, 3.8) is 0 Å². The lowest BCUT2D eigenvalue weighted by atomic mass is 9.95. The Kier molecular flexibility index (Phi) is 8.04. The van der Waals surface area contributed by atoms with E-state index in [1.54, 1.807) is 7.11 Å². The average molecular weight is 415 g/mol. The smallest absolute Gasteiger partial charge is 0.210 e. The molecule has 3 rings (SSSR count). The topological polar surface area (TPSA) is 85.7 Å². The van der Waals surface area contributed by atoms with Gasteiger partial charge in [0.25, 0.3) is 0 Å². The molecular weight excluding hydrogens is 389 g/mol.